The lowest BCUT2D eigenvalue weighted by molar-refractivity contribution is 0.453. The van der Waals surface area contributed by atoms with E-state index >= 15 is 0 Å². The largest absolute Gasteiger partial charge is 0.358 e. The molecule has 2 aromatic carbocycles. The summed E-state index contributed by atoms with van der Waals surface area (Å²) in [5.74, 6) is -3.99. The number of fused-ring (bicyclic) bond motifs is 2. The third-order valence-corrected chi connectivity index (χ3v) is 4.07. The molecule has 0 aliphatic rings. The molecule has 0 amide bonds. The first-order chi connectivity index (χ1) is 11.1. The van der Waals surface area contributed by atoms with Crippen molar-refractivity contribution in [2.75, 3.05) is 0 Å². The van der Waals surface area contributed by atoms with Gasteiger partial charge in [0.2, 0.25) is 0 Å². The molecule has 0 spiro atoms. The zero-order valence-electron chi connectivity index (χ0n) is 11.5. The minimum Gasteiger partial charge on any atom is -0.358 e. The van der Waals surface area contributed by atoms with Crippen LogP contribution in [0.2, 0.25) is 5.02 Å². The second-order valence-corrected chi connectivity index (χ2v) is 5.53. The van der Waals surface area contributed by atoms with Crippen molar-refractivity contribution in [3.63, 3.8) is 0 Å². The molecular weight excluding hydrogens is 325 g/mol. The summed E-state index contributed by atoms with van der Waals surface area (Å²) < 4.78 is 40.7. The number of rotatable bonds is 1. The Bertz CT molecular complexity index is 1070. The summed E-state index contributed by atoms with van der Waals surface area (Å²) in [6.45, 7) is 0. The SMILES string of the molecule is Fc1cc2c(-c3ccc4cccc(Cl)c4n3)c[nH]c2c(F)c1F. The van der Waals surface area contributed by atoms with Crippen LogP contribution in [0.3, 0.4) is 0 Å². The molecule has 2 aromatic heterocycles. The first-order valence-electron chi connectivity index (χ1n) is 6.76. The number of hydrogen-bond donors (Lipinski definition) is 1. The van der Waals surface area contributed by atoms with E-state index < -0.39 is 17.5 Å². The Hall–Kier alpha value is -2.53. The number of hydrogen-bond acceptors (Lipinski definition) is 1. The monoisotopic (exact) mass is 332 g/mol. The number of benzene rings is 2. The molecule has 0 unspecified atom stereocenters. The highest BCUT2D eigenvalue weighted by atomic mass is 35.5. The Labute approximate surface area is 133 Å². The molecule has 0 bridgehead atoms. The predicted molar refractivity (Wildman–Crippen MR) is 83.9 cm³/mol. The van der Waals surface area contributed by atoms with Gasteiger partial charge in [-0.15, -0.1) is 0 Å². The van der Waals surface area contributed by atoms with E-state index in [0.29, 0.717) is 21.8 Å². The van der Waals surface area contributed by atoms with Crippen molar-refractivity contribution in [1.29, 1.82) is 0 Å². The molecule has 114 valence electrons. The van der Waals surface area contributed by atoms with Crippen molar-refractivity contribution in [2.45, 2.75) is 0 Å². The van der Waals surface area contributed by atoms with Gasteiger partial charge in [0.25, 0.3) is 0 Å². The summed E-state index contributed by atoms with van der Waals surface area (Å²) in [6, 6.07) is 9.88. The van der Waals surface area contributed by atoms with E-state index in [1.807, 2.05) is 18.2 Å². The fraction of sp³-hybridized carbons (Fsp3) is 0. The molecule has 0 atom stereocenters. The topological polar surface area (TPSA) is 28.7 Å². The average molecular weight is 333 g/mol. The maximum Gasteiger partial charge on any atom is 0.196 e. The third-order valence-electron chi connectivity index (χ3n) is 3.76. The zero-order valence-corrected chi connectivity index (χ0v) is 12.3. The molecule has 23 heavy (non-hydrogen) atoms. The summed E-state index contributed by atoms with van der Waals surface area (Å²) in [6.07, 6.45) is 1.47. The Balaban J connectivity index is 2.01. The lowest BCUT2D eigenvalue weighted by Gasteiger charge is -2.04. The van der Waals surface area contributed by atoms with Gasteiger partial charge in [-0.1, -0.05) is 29.8 Å². The number of nitrogens with zero attached hydrogens (tertiary/aromatic N) is 1. The minimum atomic E-state index is -1.50. The molecule has 4 rings (SSSR count). The Morgan fingerprint density at radius 1 is 1.00 bits per heavy atom. The molecule has 0 aliphatic heterocycles. The van der Waals surface area contributed by atoms with Crippen LogP contribution in [0, 0.1) is 17.5 Å². The van der Waals surface area contributed by atoms with Gasteiger partial charge in [0.05, 0.1) is 21.7 Å². The molecule has 4 aromatic rings. The molecule has 0 saturated heterocycles. The number of aromatic nitrogens is 2. The molecule has 2 heterocycles. The molecule has 0 fully saturated rings. The average Bonchev–Trinajstić information content (AvgIpc) is 2.96. The Morgan fingerprint density at radius 2 is 1.83 bits per heavy atom. The minimum absolute atomic E-state index is 0.0973. The van der Waals surface area contributed by atoms with Gasteiger partial charge in [-0.05, 0) is 18.2 Å². The molecule has 1 N–H and O–H groups in total. The Kier molecular flexibility index (Phi) is 3.06. The van der Waals surface area contributed by atoms with Crippen LogP contribution < -0.4 is 0 Å². The first-order valence-corrected chi connectivity index (χ1v) is 7.14. The molecular formula is C17H8ClF3N2. The quantitative estimate of drug-likeness (QED) is 0.461. The van der Waals surface area contributed by atoms with Crippen LogP contribution in [0.15, 0.2) is 42.6 Å². The molecule has 2 nitrogen and oxygen atoms in total. The van der Waals surface area contributed by atoms with Gasteiger partial charge in [0.15, 0.2) is 17.5 Å². The van der Waals surface area contributed by atoms with E-state index in [4.69, 9.17) is 11.6 Å². The lowest BCUT2D eigenvalue weighted by atomic mass is 10.1. The van der Waals surface area contributed by atoms with E-state index in [1.54, 1.807) is 12.1 Å². The van der Waals surface area contributed by atoms with E-state index in [2.05, 4.69) is 9.97 Å². The number of nitrogens with one attached hydrogen (secondary N) is 1. The summed E-state index contributed by atoms with van der Waals surface area (Å²) in [7, 11) is 0. The van der Waals surface area contributed by atoms with E-state index in [1.165, 1.54) is 6.20 Å². The maximum atomic E-state index is 13.8. The van der Waals surface area contributed by atoms with Crippen molar-refractivity contribution in [1.82, 2.24) is 9.97 Å². The highest BCUT2D eigenvalue weighted by Gasteiger charge is 2.18. The van der Waals surface area contributed by atoms with Crippen molar-refractivity contribution >= 4 is 33.4 Å². The van der Waals surface area contributed by atoms with Crippen LogP contribution in [-0.2, 0) is 0 Å². The lowest BCUT2D eigenvalue weighted by Crippen LogP contribution is -1.92. The second-order valence-electron chi connectivity index (χ2n) is 5.12. The van der Waals surface area contributed by atoms with Gasteiger partial charge in [-0.3, -0.25) is 0 Å². The normalized spacial score (nSPS) is 11.5. The molecule has 0 saturated carbocycles. The number of halogens is 4. The first kappa shape index (κ1) is 14.1. The smallest absolute Gasteiger partial charge is 0.196 e. The van der Waals surface area contributed by atoms with E-state index in [0.717, 1.165) is 11.5 Å². The van der Waals surface area contributed by atoms with Crippen LogP contribution in [0.25, 0.3) is 33.1 Å². The molecule has 0 aliphatic carbocycles. The van der Waals surface area contributed by atoms with Crippen molar-refractivity contribution in [3.8, 4) is 11.3 Å². The van der Waals surface area contributed by atoms with Gasteiger partial charge in [0, 0.05) is 22.5 Å². The summed E-state index contributed by atoms with van der Waals surface area (Å²) in [4.78, 5) is 7.09. The van der Waals surface area contributed by atoms with Crippen molar-refractivity contribution < 1.29 is 13.2 Å². The fourth-order valence-corrected chi connectivity index (χ4v) is 2.87. The van der Waals surface area contributed by atoms with Crippen LogP contribution in [0.5, 0.6) is 0 Å². The standard InChI is InChI=1S/C17H8ClF3N2/c18-11-3-1-2-8-4-5-13(23-16(8)11)10-7-22-17-9(10)6-12(19)14(20)15(17)21/h1-7,22H. The van der Waals surface area contributed by atoms with Gasteiger partial charge in [-0.2, -0.15) is 0 Å². The van der Waals surface area contributed by atoms with Gasteiger partial charge >= 0.3 is 0 Å². The summed E-state index contributed by atoms with van der Waals surface area (Å²) >= 11 is 6.14. The molecule has 6 heteroatoms. The fourth-order valence-electron chi connectivity index (χ4n) is 2.64. The van der Waals surface area contributed by atoms with Crippen LogP contribution >= 0.6 is 11.6 Å². The highest BCUT2D eigenvalue weighted by Crippen LogP contribution is 2.32. The van der Waals surface area contributed by atoms with Crippen LogP contribution in [0.1, 0.15) is 0 Å². The Morgan fingerprint density at radius 3 is 2.65 bits per heavy atom. The second kappa shape index (κ2) is 4.99. The van der Waals surface area contributed by atoms with Crippen molar-refractivity contribution in [3.05, 3.63) is 65.1 Å². The maximum absolute atomic E-state index is 13.8. The van der Waals surface area contributed by atoms with E-state index in [9.17, 15) is 13.2 Å². The number of aromatic amines is 1. The number of pyridine rings is 1. The number of H-pyrrole nitrogens is 1. The highest BCUT2D eigenvalue weighted by molar-refractivity contribution is 6.35. The van der Waals surface area contributed by atoms with Crippen LogP contribution in [0.4, 0.5) is 13.2 Å². The number of para-hydroxylation sites is 1. The zero-order chi connectivity index (χ0) is 16.1. The van der Waals surface area contributed by atoms with Gasteiger partial charge < -0.3 is 4.98 Å². The van der Waals surface area contributed by atoms with Gasteiger partial charge in [0.1, 0.15) is 0 Å². The third kappa shape index (κ3) is 2.08. The molecule has 0 radical (unpaired) electrons. The van der Waals surface area contributed by atoms with E-state index in [-0.39, 0.29) is 10.9 Å². The summed E-state index contributed by atoms with van der Waals surface area (Å²) in [5.41, 5.74) is 1.45. The predicted octanol–water partition coefficient (Wildman–Crippen LogP) is 5.45. The van der Waals surface area contributed by atoms with Crippen LogP contribution in [-0.4, -0.2) is 9.97 Å². The summed E-state index contributed by atoms with van der Waals surface area (Å²) in [5, 5.41) is 1.55. The van der Waals surface area contributed by atoms with Crippen molar-refractivity contribution in [2.24, 2.45) is 0 Å². The van der Waals surface area contributed by atoms with Gasteiger partial charge in [-0.25, -0.2) is 18.2 Å².